The van der Waals surface area contributed by atoms with Gasteiger partial charge in [0.25, 0.3) is 1.43 Å². The maximum atomic E-state index is 13.9. The third kappa shape index (κ3) is 8.03. The minimum absolute atomic E-state index is 0.0461. The summed E-state index contributed by atoms with van der Waals surface area (Å²) in [6.45, 7) is 1.78. The van der Waals surface area contributed by atoms with Gasteiger partial charge in [-0.05, 0) is 31.6 Å². The Hall–Kier alpha value is -1.37. The SMILES string of the molecule is [2H]OC(=O)CCCCCC[C@H]1C(=O)C[C@@H](O[2H])[C@@H]1CCC(=O)C(F)(F)CCCC. The average Bonchev–Trinajstić information content (AvgIpc) is 3.01. The van der Waals surface area contributed by atoms with Crippen molar-refractivity contribution < 1.29 is 33.4 Å². The van der Waals surface area contributed by atoms with Crippen LogP contribution < -0.4 is 0 Å². The number of carbonyl (C=O) groups is 3. The molecule has 7 heteroatoms. The molecule has 1 aliphatic carbocycles. The first kappa shape index (κ1) is 20.4. The minimum Gasteiger partial charge on any atom is -0.481 e. The van der Waals surface area contributed by atoms with Gasteiger partial charge in [-0.2, -0.15) is 8.78 Å². The molecule has 156 valence electrons. The molecule has 0 radical (unpaired) electrons. The first-order chi connectivity index (χ1) is 13.8. The summed E-state index contributed by atoms with van der Waals surface area (Å²) in [5.74, 6) is -5.85. The third-order valence-corrected chi connectivity index (χ3v) is 5.41. The summed E-state index contributed by atoms with van der Waals surface area (Å²) >= 11 is 0. The van der Waals surface area contributed by atoms with Gasteiger partial charge in [-0.3, -0.25) is 14.4 Å². The molecule has 1 fully saturated rings. The molecule has 1 aliphatic rings. The van der Waals surface area contributed by atoms with E-state index in [1.54, 1.807) is 6.92 Å². The van der Waals surface area contributed by atoms with Crippen LogP contribution in [0.3, 0.4) is 0 Å². The van der Waals surface area contributed by atoms with Crippen LogP contribution in [0.2, 0.25) is 0 Å². The summed E-state index contributed by atoms with van der Waals surface area (Å²) < 4.78 is 41.5. The number of carbonyl (C=O) groups excluding carboxylic acids is 2. The lowest BCUT2D eigenvalue weighted by Gasteiger charge is -2.22. The van der Waals surface area contributed by atoms with Crippen LogP contribution >= 0.6 is 0 Å². The number of rotatable bonds is 15. The van der Waals surface area contributed by atoms with Crippen molar-refractivity contribution in [2.75, 3.05) is 0 Å². The molecular weight excluding hydrogens is 358 g/mol. The number of Topliss-reactive ketones (excluding diaryl/α,β-unsaturated/α-hetero) is 2. The zero-order chi connectivity index (χ0) is 21.9. The van der Waals surface area contributed by atoms with Crippen molar-refractivity contribution in [1.82, 2.24) is 0 Å². The highest BCUT2D eigenvalue weighted by atomic mass is 19.3. The number of hydrogen-bond donors (Lipinski definition) is 2. The van der Waals surface area contributed by atoms with Crippen molar-refractivity contribution in [3.8, 4) is 0 Å². The number of alkyl halides is 2. The Morgan fingerprint density at radius 1 is 1.15 bits per heavy atom. The van der Waals surface area contributed by atoms with Crippen molar-refractivity contribution in [3.63, 3.8) is 0 Å². The van der Waals surface area contributed by atoms with Crippen molar-refractivity contribution in [2.24, 2.45) is 11.8 Å². The van der Waals surface area contributed by atoms with E-state index in [4.69, 9.17) is 2.86 Å². The van der Waals surface area contributed by atoms with Gasteiger partial charge in [-0.15, -0.1) is 0 Å². The molecule has 1 saturated carbocycles. The highest BCUT2D eigenvalue weighted by Gasteiger charge is 2.43. The van der Waals surface area contributed by atoms with Crippen LogP contribution in [0.25, 0.3) is 1.43 Å². The molecule has 0 aliphatic heterocycles. The van der Waals surface area contributed by atoms with Gasteiger partial charge >= 0.3 is 11.9 Å². The second-order valence-electron chi connectivity index (χ2n) is 7.57. The van der Waals surface area contributed by atoms with Crippen LogP contribution in [0.4, 0.5) is 8.78 Å². The van der Waals surface area contributed by atoms with Crippen LogP contribution in [0, 0.1) is 11.8 Å². The number of halogens is 2. The quantitative estimate of drug-likeness (QED) is 0.409. The molecule has 0 aromatic carbocycles. The van der Waals surface area contributed by atoms with Crippen LogP contribution in [0.15, 0.2) is 0 Å². The van der Waals surface area contributed by atoms with Gasteiger partial charge in [0.15, 0.2) is 0 Å². The van der Waals surface area contributed by atoms with Gasteiger partial charge in [0.2, 0.25) is 7.21 Å². The Bertz CT molecular complexity index is 545. The zero-order valence-corrected chi connectivity index (χ0v) is 16.0. The minimum atomic E-state index is -3.34. The predicted octanol–water partition coefficient (Wildman–Crippen LogP) is 4.15. The van der Waals surface area contributed by atoms with Gasteiger partial charge in [0.05, 0.1) is 6.10 Å². The van der Waals surface area contributed by atoms with E-state index in [9.17, 15) is 23.2 Å². The summed E-state index contributed by atoms with van der Waals surface area (Å²) in [4.78, 5) is 35.2. The van der Waals surface area contributed by atoms with Crippen LogP contribution in [-0.2, 0) is 14.4 Å². The largest absolute Gasteiger partial charge is 0.481 e. The van der Waals surface area contributed by atoms with Crippen LogP contribution in [-0.4, -0.2) is 41.2 Å². The van der Waals surface area contributed by atoms with E-state index in [-0.39, 0.29) is 43.8 Å². The maximum Gasteiger partial charge on any atom is 0.305 e. The summed E-state index contributed by atoms with van der Waals surface area (Å²) in [5.41, 5.74) is 0. The molecular formula is C20H32F2O5. The van der Waals surface area contributed by atoms with Gasteiger partial charge in [-0.1, -0.05) is 32.6 Å². The van der Waals surface area contributed by atoms with Crippen molar-refractivity contribution in [2.45, 2.75) is 96.0 Å². The first-order valence-electron chi connectivity index (χ1n) is 10.8. The van der Waals surface area contributed by atoms with E-state index in [0.717, 1.165) is 12.8 Å². The summed E-state index contributed by atoms with van der Waals surface area (Å²) in [5, 5.41) is 8.49. The van der Waals surface area contributed by atoms with Gasteiger partial charge in [0.1, 0.15) is 5.78 Å². The Morgan fingerprint density at radius 2 is 1.89 bits per heavy atom. The maximum absolute atomic E-state index is 13.9. The zero-order valence-electron chi connectivity index (χ0n) is 18.0. The van der Waals surface area contributed by atoms with E-state index in [1.807, 2.05) is 0 Å². The topological polar surface area (TPSA) is 91.7 Å². The molecule has 0 heterocycles. The standard InChI is InChI=1S/C20H32F2O5/c1-2-3-12-20(21,22)18(25)11-10-15-14(16(23)13-17(15)24)8-6-4-5-7-9-19(26)27/h14-15,17,24H,2-13H2,1H3,(H,26,27)/t14-,15-,17-/m1/s1/i24D/hD. The lowest BCUT2D eigenvalue weighted by Crippen LogP contribution is -2.30. The van der Waals surface area contributed by atoms with E-state index in [2.05, 4.69) is 10.2 Å². The fourth-order valence-electron chi connectivity index (χ4n) is 3.77. The summed E-state index contributed by atoms with van der Waals surface area (Å²) in [6, 6.07) is 0. The molecule has 27 heavy (non-hydrogen) atoms. The smallest absolute Gasteiger partial charge is 0.305 e. The van der Waals surface area contributed by atoms with Crippen molar-refractivity contribution >= 4 is 17.5 Å². The third-order valence-electron chi connectivity index (χ3n) is 5.41. The number of ketones is 2. The Labute approximate surface area is 162 Å². The lowest BCUT2D eigenvalue weighted by molar-refractivity contribution is -0.144. The monoisotopic (exact) mass is 392 g/mol. The molecule has 0 saturated heterocycles. The normalized spacial score (nSPS) is 23.8. The van der Waals surface area contributed by atoms with Crippen molar-refractivity contribution in [3.05, 3.63) is 0 Å². The number of unbranched alkanes of at least 4 members (excludes halogenated alkanes) is 4. The molecule has 0 spiro atoms. The number of carboxylic acid groups (broad SMARTS) is 1. The van der Waals surface area contributed by atoms with E-state index < -0.39 is 36.1 Å². The van der Waals surface area contributed by atoms with Gasteiger partial charge in [-0.25, -0.2) is 0 Å². The number of aliphatic hydroxyl groups is 1. The van der Waals surface area contributed by atoms with Crippen LogP contribution in [0.5, 0.6) is 0 Å². The Morgan fingerprint density at radius 3 is 2.56 bits per heavy atom. The van der Waals surface area contributed by atoms with Crippen molar-refractivity contribution in [1.29, 1.82) is 2.86 Å². The highest BCUT2D eigenvalue weighted by Crippen LogP contribution is 2.37. The van der Waals surface area contributed by atoms with E-state index in [0.29, 0.717) is 25.7 Å². The van der Waals surface area contributed by atoms with Gasteiger partial charge in [0, 0.05) is 31.6 Å². The lowest BCUT2D eigenvalue weighted by atomic mass is 9.85. The second-order valence-corrected chi connectivity index (χ2v) is 7.57. The first-order valence-corrected chi connectivity index (χ1v) is 9.98. The van der Waals surface area contributed by atoms with E-state index >= 15 is 0 Å². The molecule has 0 unspecified atom stereocenters. The predicted molar refractivity (Wildman–Crippen MR) is 96.7 cm³/mol. The fraction of sp³-hybridized carbons (Fsp3) is 0.850. The Balaban J connectivity index is 2.51. The molecule has 1 rings (SSSR count). The molecule has 5 nitrogen and oxygen atoms in total. The number of aliphatic carboxylic acids is 1. The number of carboxylic acids is 1. The molecule has 0 bridgehead atoms. The molecule has 3 atom stereocenters. The highest BCUT2D eigenvalue weighted by molar-refractivity contribution is 5.86. The summed E-state index contributed by atoms with van der Waals surface area (Å²) in [6.07, 6.45) is 3.20. The molecule has 2 N–H and O–H groups in total. The summed E-state index contributed by atoms with van der Waals surface area (Å²) in [7, 11) is 0. The molecule has 0 amide bonds. The number of aliphatic hydroxyl groups excluding tert-OH is 1. The molecule has 0 aromatic rings. The Kier molecular flexibility index (Phi) is 8.65. The van der Waals surface area contributed by atoms with Gasteiger partial charge < -0.3 is 10.2 Å². The second kappa shape index (κ2) is 11.5. The number of hydrogen-bond acceptors (Lipinski definition) is 5. The molecule has 0 aromatic heterocycles. The fourth-order valence-corrected chi connectivity index (χ4v) is 3.77. The average molecular weight is 392 g/mol. The van der Waals surface area contributed by atoms with E-state index in [1.165, 1.54) is 0 Å². The van der Waals surface area contributed by atoms with Crippen LogP contribution in [0.1, 0.15) is 84.0 Å².